The van der Waals surface area contributed by atoms with Gasteiger partial charge in [0.05, 0.1) is 19.4 Å². The zero-order chi connectivity index (χ0) is 14.5. The van der Waals surface area contributed by atoms with E-state index in [1.807, 2.05) is 0 Å². The van der Waals surface area contributed by atoms with Crippen LogP contribution in [-0.2, 0) is 13.1 Å². The number of furan rings is 2. The van der Waals surface area contributed by atoms with Crippen molar-refractivity contribution in [1.82, 2.24) is 10.6 Å². The summed E-state index contributed by atoms with van der Waals surface area (Å²) in [6.07, 6.45) is 1.52. The summed E-state index contributed by atoms with van der Waals surface area (Å²) >= 11 is 0. The molecule has 0 aliphatic carbocycles. The Kier molecular flexibility index (Phi) is 4.09. The van der Waals surface area contributed by atoms with Crippen molar-refractivity contribution in [3.05, 3.63) is 47.3 Å². The minimum absolute atomic E-state index is 0.0952. The molecule has 2 heterocycles. The Bertz CT molecular complexity index is 600. The quantitative estimate of drug-likeness (QED) is 0.774. The Hall–Kier alpha value is -2.70. The third-order valence-electron chi connectivity index (χ3n) is 2.63. The molecule has 0 bridgehead atoms. The summed E-state index contributed by atoms with van der Waals surface area (Å²) in [5, 5.41) is 14.0. The highest BCUT2D eigenvalue weighted by Crippen LogP contribution is 2.14. The standard InChI is InChI=1S/C13H14N2O5/c1-8-11(12(16)17)5-10(20-8)7-15-13(18)14-6-9-3-2-4-19-9/h2-5H,6-7H2,1H3,(H,16,17)(H2,14,15,18). The van der Waals surface area contributed by atoms with Gasteiger partial charge in [0.2, 0.25) is 0 Å². The van der Waals surface area contributed by atoms with Gasteiger partial charge in [-0.3, -0.25) is 0 Å². The van der Waals surface area contributed by atoms with Crippen LogP contribution in [0.1, 0.15) is 27.6 Å². The first-order valence-electron chi connectivity index (χ1n) is 5.93. The van der Waals surface area contributed by atoms with Crippen LogP contribution >= 0.6 is 0 Å². The predicted molar refractivity (Wildman–Crippen MR) is 68.2 cm³/mol. The van der Waals surface area contributed by atoms with E-state index in [4.69, 9.17) is 13.9 Å². The van der Waals surface area contributed by atoms with Crippen molar-refractivity contribution in [3.63, 3.8) is 0 Å². The largest absolute Gasteiger partial charge is 0.478 e. The van der Waals surface area contributed by atoms with Gasteiger partial charge in [0.15, 0.2) is 0 Å². The van der Waals surface area contributed by atoms with E-state index in [0.29, 0.717) is 17.3 Å². The van der Waals surface area contributed by atoms with Gasteiger partial charge in [0.1, 0.15) is 22.8 Å². The van der Waals surface area contributed by atoms with Crippen LogP contribution in [0.25, 0.3) is 0 Å². The number of amides is 2. The second-order valence-corrected chi connectivity index (χ2v) is 4.10. The molecule has 0 atom stereocenters. The average molecular weight is 278 g/mol. The SMILES string of the molecule is Cc1oc(CNC(=O)NCc2ccco2)cc1C(=O)O. The van der Waals surface area contributed by atoms with Gasteiger partial charge in [0, 0.05) is 0 Å². The second-order valence-electron chi connectivity index (χ2n) is 4.10. The Labute approximate surface area is 114 Å². The van der Waals surface area contributed by atoms with Gasteiger partial charge in [-0.15, -0.1) is 0 Å². The van der Waals surface area contributed by atoms with Crippen molar-refractivity contribution in [3.8, 4) is 0 Å². The number of nitrogens with one attached hydrogen (secondary N) is 2. The van der Waals surface area contributed by atoms with E-state index < -0.39 is 12.0 Å². The summed E-state index contributed by atoms with van der Waals surface area (Å²) in [7, 11) is 0. The van der Waals surface area contributed by atoms with E-state index in [9.17, 15) is 9.59 Å². The van der Waals surface area contributed by atoms with Crippen LogP contribution in [0.4, 0.5) is 4.79 Å². The lowest BCUT2D eigenvalue weighted by Gasteiger charge is -2.04. The average Bonchev–Trinajstić information content (AvgIpc) is 3.03. The van der Waals surface area contributed by atoms with Crippen molar-refractivity contribution in [2.24, 2.45) is 0 Å². The number of carboxylic acids is 1. The summed E-state index contributed by atoms with van der Waals surface area (Å²) in [4.78, 5) is 22.4. The molecule has 0 saturated heterocycles. The molecule has 7 nitrogen and oxygen atoms in total. The number of aromatic carboxylic acids is 1. The van der Waals surface area contributed by atoms with E-state index in [0.717, 1.165) is 0 Å². The first-order chi connectivity index (χ1) is 9.56. The van der Waals surface area contributed by atoms with Crippen molar-refractivity contribution in [2.45, 2.75) is 20.0 Å². The van der Waals surface area contributed by atoms with E-state index >= 15 is 0 Å². The van der Waals surface area contributed by atoms with E-state index in [1.165, 1.54) is 12.3 Å². The van der Waals surface area contributed by atoms with Gasteiger partial charge in [-0.2, -0.15) is 0 Å². The zero-order valence-corrected chi connectivity index (χ0v) is 10.8. The van der Waals surface area contributed by atoms with Crippen LogP contribution in [0, 0.1) is 6.92 Å². The molecule has 2 rings (SSSR count). The third-order valence-corrected chi connectivity index (χ3v) is 2.63. The van der Waals surface area contributed by atoms with Gasteiger partial charge >= 0.3 is 12.0 Å². The summed E-state index contributed by atoms with van der Waals surface area (Å²) in [6.45, 7) is 1.94. The van der Waals surface area contributed by atoms with E-state index in [2.05, 4.69) is 10.6 Å². The molecule has 2 aromatic heterocycles. The molecular weight excluding hydrogens is 264 g/mol. The zero-order valence-electron chi connectivity index (χ0n) is 10.8. The fourth-order valence-electron chi connectivity index (χ4n) is 1.65. The summed E-state index contributed by atoms with van der Waals surface area (Å²) in [5.74, 6) is 0.278. The summed E-state index contributed by atoms with van der Waals surface area (Å²) in [5.41, 5.74) is 0.0952. The van der Waals surface area contributed by atoms with Crippen LogP contribution in [0.15, 0.2) is 33.3 Å². The first-order valence-corrected chi connectivity index (χ1v) is 5.93. The number of aryl methyl sites for hydroxylation is 1. The lowest BCUT2D eigenvalue weighted by Crippen LogP contribution is -2.34. The van der Waals surface area contributed by atoms with Crippen LogP contribution in [0.3, 0.4) is 0 Å². The van der Waals surface area contributed by atoms with E-state index in [-0.39, 0.29) is 18.7 Å². The molecule has 0 fully saturated rings. The van der Waals surface area contributed by atoms with Crippen LogP contribution in [-0.4, -0.2) is 17.1 Å². The number of rotatable bonds is 5. The Morgan fingerprint density at radius 2 is 1.95 bits per heavy atom. The van der Waals surface area contributed by atoms with Crippen molar-refractivity contribution < 1.29 is 23.5 Å². The number of hydrogen-bond donors (Lipinski definition) is 3. The second kappa shape index (κ2) is 5.96. The molecule has 20 heavy (non-hydrogen) atoms. The van der Waals surface area contributed by atoms with Crippen molar-refractivity contribution in [2.75, 3.05) is 0 Å². The van der Waals surface area contributed by atoms with Gasteiger partial charge in [-0.25, -0.2) is 9.59 Å². The number of carboxylic acid groups (broad SMARTS) is 1. The first kappa shape index (κ1) is 13.7. The number of urea groups is 1. The lowest BCUT2D eigenvalue weighted by atomic mass is 10.2. The maximum Gasteiger partial charge on any atom is 0.339 e. The summed E-state index contributed by atoms with van der Waals surface area (Å²) in [6, 6.07) is 4.47. The third kappa shape index (κ3) is 3.41. The molecule has 0 aromatic carbocycles. The minimum atomic E-state index is -1.06. The molecule has 0 spiro atoms. The molecule has 2 amide bonds. The topological polar surface area (TPSA) is 105 Å². The van der Waals surface area contributed by atoms with Crippen molar-refractivity contribution in [1.29, 1.82) is 0 Å². The smallest absolute Gasteiger partial charge is 0.339 e. The van der Waals surface area contributed by atoms with Gasteiger partial charge in [0.25, 0.3) is 0 Å². The highest BCUT2D eigenvalue weighted by Gasteiger charge is 2.14. The molecule has 0 aliphatic rings. The fraction of sp³-hybridized carbons (Fsp3) is 0.231. The van der Waals surface area contributed by atoms with Gasteiger partial charge in [-0.1, -0.05) is 0 Å². The fourth-order valence-corrected chi connectivity index (χ4v) is 1.65. The number of hydrogen-bond acceptors (Lipinski definition) is 4. The highest BCUT2D eigenvalue weighted by atomic mass is 16.4. The Balaban J connectivity index is 1.81. The Morgan fingerprint density at radius 3 is 2.50 bits per heavy atom. The van der Waals surface area contributed by atoms with Gasteiger partial charge in [-0.05, 0) is 25.1 Å². The molecule has 3 N–H and O–H groups in total. The monoisotopic (exact) mass is 278 g/mol. The van der Waals surface area contributed by atoms with Crippen LogP contribution < -0.4 is 10.6 Å². The maximum absolute atomic E-state index is 11.5. The molecule has 7 heteroatoms. The van der Waals surface area contributed by atoms with Crippen LogP contribution in [0.2, 0.25) is 0 Å². The molecule has 0 radical (unpaired) electrons. The molecule has 2 aromatic rings. The van der Waals surface area contributed by atoms with Crippen LogP contribution in [0.5, 0.6) is 0 Å². The van der Waals surface area contributed by atoms with Crippen molar-refractivity contribution >= 4 is 12.0 Å². The predicted octanol–water partition coefficient (Wildman–Crippen LogP) is 1.88. The molecular formula is C13H14N2O5. The normalized spacial score (nSPS) is 10.2. The van der Waals surface area contributed by atoms with E-state index in [1.54, 1.807) is 19.1 Å². The Morgan fingerprint density at radius 1 is 1.25 bits per heavy atom. The lowest BCUT2D eigenvalue weighted by molar-refractivity contribution is 0.0695. The minimum Gasteiger partial charge on any atom is -0.478 e. The molecule has 0 unspecified atom stereocenters. The number of carbonyl (C=O) groups excluding carboxylic acids is 1. The molecule has 0 saturated carbocycles. The molecule has 106 valence electrons. The highest BCUT2D eigenvalue weighted by molar-refractivity contribution is 5.88. The molecule has 0 aliphatic heterocycles. The van der Waals surface area contributed by atoms with Gasteiger partial charge < -0.3 is 24.6 Å². The number of carbonyl (C=O) groups is 2. The maximum atomic E-state index is 11.5. The summed E-state index contributed by atoms with van der Waals surface area (Å²) < 4.78 is 10.3.